The van der Waals surface area contributed by atoms with E-state index in [4.69, 9.17) is 27.9 Å². The lowest BCUT2D eigenvalue weighted by atomic mass is 9.88. The molecule has 1 N–H and O–H groups in total. The van der Waals surface area contributed by atoms with Gasteiger partial charge in [0, 0.05) is 17.0 Å². The molecule has 2 aromatic rings. The molecule has 1 aliphatic heterocycles. The number of carbonyl (C=O) groups is 2. The highest BCUT2D eigenvalue weighted by molar-refractivity contribution is 6.35. The molecule has 3 rings (SSSR count). The second-order valence-corrected chi connectivity index (χ2v) is 7.94. The first-order valence-corrected chi connectivity index (χ1v) is 9.62. The van der Waals surface area contributed by atoms with Crippen molar-refractivity contribution in [3.05, 3.63) is 57.1 Å². The largest absolute Gasteiger partial charge is 0.490 e. The van der Waals surface area contributed by atoms with Crippen LogP contribution in [0, 0.1) is 13.8 Å². The van der Waals surface area contributed by atoms with Crippen LogP contribution < -0.4 is 9.64 Å². The maximum atomic E-state index is 13.1. The van der Waals surface area contributed by atoms with E-state index in [9.17, 15) is 14.7 Å². The molecule has 148 valence electrons. The van der Waals surface area contributed by atoms with Gasteiger partial charge in [0.05, 0.1) is 17.3 Å². The molecule has 1 unspecified atom stereocenters. The minimum absolute atomic E-state index is 0.163. The van der Waals surface area contributed by atoms with E-state index in [1.54, 1.807) is 24.3 Å². The number of hydrogen-bond acceptors (Lipinski definition) is 4. The molecule has 28 heavy (non-hydrogen) atoms. The third-order valence-corrected chi connectivity index (χ3v) is 5.26. The predicted molar refractivity (Wildman–Crippen MR) is 109 cm³/mol. The lowest BCUT2D eigenvalue weighted by molar-refractivity contribution is -0.141. The first-order chi connectivity index (χ1) is 13.1. The molecule has 1 amide bonds. The van der Waals surface area contributed by atoms with Gasteiger partial charge in [-0.05, 0) is 44.5 Å². The van der Waals surface area contributed by atoms with Crippen LogP contribution in [0.25, 0.3) is 0 Å². The Hall–Kier alpha value is -2.08. The van der Waals surface area contributed by atoms with Gasteiger partial charge in [0.15, 0.2) is 5.60 Å². The number of anilines is 1. The summed E-state index contributed by atoms with van der Waals surface area (Å²) >= 11 is 12.0. The second kappa shape index (κ2) is 7.74. The van der Waals surface area contributed by atoms with Crippen LogP contribution in [0.2, 0.25) is 10.0 Å². The van der Waals surface area contributed by atoms with Crippen LogP contribution in [0.3, 0.4) is 0 Å². The van der Waals surface area contributed by atoms with Crippen LogP contribution in [-0.4, -0.2) is 29.9 Å². The van der Waals surface area contributed by atoms with Crippen molar-refractivity contribution in [3.8, 4) is 5.75 Å². The molecular weight excluding hydrogens is 401 g/mol. The van der Waals surface area contributed by atoms with Gasteiger partial charge in [-0.15, -0.1) is 0 Å². The summed E-state index contributed by atoms with van der Waals surface area (Å²) in [6, 6.07) is 8.60. The lowest BCUT2D eigenvalue weighted by Crippen LogP contribution is -2.43. The number of hydrogen-bond donors (Lipinski definition) is 1. The van der Waals surface area contributed by atoms with Gasteiger partial charge in [-0.25, -0.2) is 0 Å². The molecule has 0 radical (unpaired) electrons. The van der Waals surface area contributed by atoms with Crippen molar-refractivity contribution in [2.24, 2.45) is 0 Å². The monoisotopic (exact) mass is 421 g/mol. The first kappa shape index (κ1) is 20.6. The van der Waals surface area contributed by atoms with E-state index in [-0.39, 0.29) is 25.4 Å². The van der Waals surface area contributed by atoms with Crippen LogP contribution in [0.1, 0.15) is 30.0 Å². The fourth-order valence-corrected chi connectivity index (χ4v) is 4.12. The van der Waals surface area contributed by atoms with E-state index in [0.29, 0.717) is 27.0 Å². The van der Waals surface area contributed by atoms with Crippen LogP contribution in [0.15, 0.2) is 30.3 Å². The summed E-state index contributed by atoms with van der Waals surface area (Å²) in [5, 5.41) is 12.0. The normalized spacial score (nSPS) is 18.4. The third kappa shape index (κ3) is 3.75. The van der Waals surface area contributed by atoms with Gasteiger partial charge in [0.2, 0.25) is 0 Å². The maximum Gasteiger partial charge on any atom is 0.264 e. The number of fused-ring (bicyclic) bond motifs is 1. The Morgan fingerprint density at radius 3 is 2.57 bits per heavy atom. The molecule has 0 aliphatic carbocycles. The highest BCUT2D eigenvalue weighted by Gasteiger charge is 2.50. The summed E-state index contributed by atoms with van der Waals surface area (Å²) in [6.45, 7) is 5.50. The maximum absolute atomic E-state index is 13.1. The summed E-state index contributed by atoms with van der Waals surface area (Å²) in [4.78, 5) is 26.3. The van der Waals surface area contributed by atoms with Crippen molar-refractivity contribution in [1.82, 2.24) is 0 Å². The number of benzene rings is 2. The molecule has 1 atom stereocenters. The second-order valence-electron chi connectivity index (χ2n) is 7.10. The summed E-state index contributed by atoms with van der Waals surface area (Å²) in [6.07, 6.45) is -0.262. The number of carbonyl (C=O) groups excluding carboxylic acids is 2. The van der Waals surface area contributed by atoms with E-state index >= 15 is 0 Å². The van der Waals surface area contributed by atoms with Crippen LogP contribution in [0.4, 0.5) is 5.69 Å². The molecule has 5 nitrogen and oxygen atoms in total. The smallest absolute Gasteiger partial charge is 0.264 e. The van der Waals surface area contributed by atoms with Gasteiger partial charge < -0.3 is 14.7 Å². The highest BCUT2D eigenvalue weighted by Crippen LogP contribution is 2.44. The number of nitrogens with zero attached hydrogens (tertiary/aromatic N) is 1. The van der Waals surface area contributed by atoms with Crippen molar-refractivity contribution in [2.75, 3.05) is 18.1 Å². The van der Waals surface area contributed by atoms with Gasteiger partial charge in [0.1, 0.15) is 18.1 Å². The number of ether oxygens (including phenoxy) is 1. The van der Waals surface area contributed by atoms with Gasteiger partial charge in [-0.3, -0.25) is 9.59 Å². The summed E-state index contributed by atoms with van der Waals surface area (Å²) < 4.78 is 5.70. The SMILES string of the molecule is CC(=O)CC1(O)C(=O)N(CCOc2ccc(Cl)cc2Cl)c2c(C)cc(C)cc21. The lowest BCUT2D eigenvalue weighted by Gasteiger charge is -2.22. The summed E-state index contributed by atoms with van der Waals surface area (Å²) in [5.41, 5.74) is 1.01. The van der Waals surface area contributed by atoms with Crippen LogP contribution >= 0.6 is 23.2 Å². The van der Waals surface area contributed by atoms with Gasteiger partial charge in [0.25, 0.3) is 5.91 Å². The van der Waals surface area contributed by atoms with E-state index in [1.165, 1.54) is 11.8 Å². The Balaban J connectivity index is 1.87. The average molecular weight is 422 g/mol. The standard InChI is InChI=1S/C21H21Cl2NO4/c1-12-8-13(2)19-16(9-12)21(27,11-14(3)25)20(26)24(19)6-7-28-18-5-4-15(22)10-17(18)23/h4-5,8-10,27H,6-7,11H2,1-3H3. The average Bonchev–Trinajstić information content (AvgIpc) is 2.78. The van der Waals surface area contributed by atoms with Crippen molar-refractivity contribution in [2.45, 2.75) is 32.8 Å². The minimum atomic E-state index is -1.85. The zero-order valence-corrected chi connectivity index (χ0v) is 17.4. The fraction of sp³-hybridized carbons (Fsp3) is 0.333. The van der Waals surface area contributed by atoms with Gasteiger partial charge in [-0.1, -0.05) is 40.9 Å². The Morgan fingerprint density at radius 2 is 1.93 bits per heavy atom. The fourth-order valence-electron chi connectivity index (χ4n) is 3.66. The van der Waals surface area contributed by atoms with Crippen LogP contribution in [-0.2, 0) is 15.2 Å². The molecular formula is C21H21Cl2NO4. The molecule has 1 heterocycles. The number of Topliss-reactive ketones (excluding diaryl/α,β-unsaturated/α-hetero) is 1. The number of ketones is 1. The molecule has 2 aromatic carbocycles. The molecule has 0 fully saturated rings. The van der Waals surface area contributed by atoms with Crippen molar-refractivity contribution >= 4 is 40.6 Å². The number of rotatable bonds is 6. The Morgan fingerprint density at radius 1 is 1.21 bits per heavy atom. The van der Waals surface area contributed by atoms with E-state index in [1.807, 2.05) is 19.9 Å². The van der Waals surface area contributed by atoms with Crippen molar-refractivity contribution in [1.29, 1.82) is 0 Å². The molecule has 0 bridgehead atoms. The van der Waals surface area contributed by atoms with Gasteiger partial charge in [-0.2, -0.15) is 0 Å². The number of halogens is 2. The topological polar surface area (TPSA) is 66.8 Å². The summed E-state index contributed by atoms with van der Waals surface area (Å²) in [7, 11) is 0. The number of amides is 1. The van der Waals surface area contributed by atoms with Crippen LogP contribution in [0.5, 0.6) is 5.75 Å². The summed E-state index contributed by atoms with van der Waals surface area (Å²) in [5.74, 6) is -0.318. The van der Waals surface area contributed by atoms with Gasteiger partial charge >= 0.3 is 0 Å². The molecule has 0 saturated carbocycles. The zero-order valence-electron chi connectivity index (χ0n) is 15.9. The Bertz CT molecular complexity index is 960. The third-order valence-electron chi connectivity index (χ3n) is 4.73. The van der Waals surface area contributed by atoms with E-state index in [2.05, 4.69) is 0 Å². The molecule has 0 aromatic heterocycles. The number of aliphatic hydroxyl groups is 1. The quantitative estimate of drug-likeness (QED) is 0.758. The molecule has 1 aliphatic rings. The Kier molecular flexibility index (Phi) is 5.71. The molecule has 0 saturated heterocycles. The van der Waals surface area contributed by atoms with Crippen molar-refractivity contribution < 1.29 is 19.4 Å². The van der Waals surface area contributed by atoms with E-state index < -0.39 is 11.5 Å². The van der Waals surface area contributed by atoms with E-state index in [0.717, 1.165) is 11.1 Å². The van der Waals surface area contributed by atoms with Crippen molar-refractivity contribution in [3.63, 3.8) is 0 Å². The Labute approximate surface area is 173 Å². The molecule has 7 heteroatoms. The first-order valence-electron chi connectivity index (χ1n) is 8.87. The highest BCUT2D eigenvalue weighted by atomic mass is 35.5. The number of aryl methyl sites for hydroxylation is 2. The predicted octanol–water partition coefficient (Wildman–Crippen LogP) is 4.20. The molecule has 0 spiro atoms. The minimum Gasteiger partial charge on any atom is -0.490 e. The zero-order chi connectivity index (χ0) is 20.6.